The zero-order valence-electron chi connectivity index (χ0n) is 17.8. The van der Waals surface area contributed by atoms with Gasteiger partial charge in [-0.25, -0.2) is 8.42 Å². The Balaban J connectivity index is 1.28. The van der Waals surface area contributed by atoms with Crippen LogP contribution in [-0.4, -0.2) is 35.4 Å². The average Bonchev–Trinajstić information content (AvgIpc) is 3.32. The quantitative estimate of drug-likeness (QED) is 0.401. The summed E-state index contributed by atoms with van der Waals surface area (Å²) >= 11 is 3.36. The zero-order valence-corrected chi connectivity index (χ0v) is 20.2. The van der Waals surface area contributed by atoms with E-state index < -0.39 is 15.9 Å². The van der Waals surface area contributed by atoms with E-state index in [1.54, 1.807) is 0 Å². The maximum atomic E-state index is 13.1. The molecule has 1 amide bonds. The fraction of sp³-hybridized carbons (Fsp3) is 0.125. The minimum absolute atomic E-state index is 0.0494. The number of benzene rings is 3. The van der Waals surface area contributed by atoms with Gasteiger partial charge in [-0.2, -0.15) is 4.31 Å². The van der Waals surface area contributed by atoms with Gasteiger partial charge in [0.25, 0.3) is 5.91 Å². The number of anilines is 1. The molecule has 8 nitrogen and oxygen atoms in total. The number of carbonyl (C=O) groups is 1. The summed E-state index contributed by atoms with van der Waals surface area (Å²) in [5.74, 6) is -0.214. The van der Waals surface area contributed by atoms with Gasteiger partial charge in [0.1, 0.15) is 0 Å². The maximum Gasteiger partial charge on any atom is 0.322 e. The van der Waals surface area contributed by atoms with Crippen LogP contribution in [0.3, 0.4) is 0 Å². The molecule has 4 aromatic rings. The van der Waals surface area contributed by atoms with Crippen molar-refractivity contribution in [1.82, 2.24) is 14.5 Å². The minimum atomic E-state index is -3.68. The standard InChI is InChI=1S/C24H19BrN4O4S/c25-20-9-5-18(6-10-20)23-27-28-24(33-23)26-22(30)17-7-11-21(12-8-17)34(31,32)29-14-13-16-3-1-2-4-19(16)15-29/h1-12H,13-15H2,(H,26,28,30). The lowest BCUT2D eigenvalue weighted by atomic mass is 10.0. The van der Waals surface area contributed by atoms with E-state index in [2.05, 4.69) is 31.4 Å². The molecule has 0 fully saturated rings. The van der Waals surface area contributed by atoms with Gasteiger partial charge in [0.05, 0.1) is 4.90 Å². The number of amides is 1. The molecule has 172 valence electrons. The third-order valence-corrected chi connectivity index (χ3v) is 7.97. The first-order valence-electron chi connectivity index (χ1n) is 10.5. The van der Waals surface area contributed by atoms with Gasteiger partial charge in [0.2, 0.25) is 15.9 Å². The van der Waals surface area contributed by atoms with E-state index >= 15 is 0 Å². The van der Waals surface area contributed by atoms with Crippen LogP contribution in [0.4, 0.5) is 6.01 Å². The van der Waals surface area contributed by atoms with Crippen molar-refractivity contribution < 1.29 is 17.6 Å². The SMILES string of the molecule is O=C(Nc1nnc(-c2ccc(Br)cc2)o1)c1ccc(S(=O)(=O)N2CCc3ccccc3C2)cc1. The molecule has 0 saturated carbocycles. The van der Waals surface area contributed by atoms with Crippen LogP contribution in [-0.2, 0) is 23.0 Å². The fourth-order valence-corrected chi connectivity index (χ4v) is 5.44. The molecule has 2 heterocycles. The Morgan fingerprint density at radius 2 is 1.65 bits per heavy atom. The summed E-state index contributed by atoms with van der Waals surface area (Å²) in [7, 11) is -3.68. The van der Waals surface area contributed by atoms with Gasteiger partial charge in [-0.1, -0.05) is 45.3 Å². The topological polar surface area (TPSA) is 105 Å². The molecule has 0 atom stereocenters. The van der Waals surface area contributed by atoms with Crippen molar-refractivity contribution in [2.24, 2.45) is 0 Å². The Bertz CT molecular complexity index is 1450. The normalized spacial score (nSPS) is 13.9. The van der Waals surface area contributed by atoms with Crippen LogP contribution in [0.2, 0.25) is 0 Å². The van der Waals surface area contributed by atoms with Gasteiger partial charge in [-0.05, 0) is 66.1 Å². The highest BCUT2D eigenvalue weighted by Gasteiger charge is 2.28. The van der Waals surface area contributed by atoms with Crippen LogP contribution in [0.15, 0.2) is 86.6 Å². The summed E-state index contributed by atoms with van der Waals surface area (Å²) in [6, 6.07) is 20.9. The molecule has 0 radical (unpaired) electrons. The molecule has 5 rings (SSSR count). The Hall–Kier alpha value is -3.34. The zero-order chi connectivity index (χ0) is 23.7. The largest absolute Gasteiger partial charge is 0.403 e. The Labute approximate surface area is 204 Å². The second kappa shape index (κ2) is 9.13. The monoisotopic (exact) mass is 538 g/mol. The third-order valence-electron chi connectivity index (χ3n) is 5.59. The van der Waals surface area contributed by atoms with Crippen LogP contribution in [0.25, 0.3) is 11.5 Å². The van der Waals surface area contributed by atoms with Crippen molar-refractivity contribution in [3.8, 4) is 11.5 Å². The molecule has 10 heteroatoms. The van der Waals surface area contributed by atoms with E-state index in [4.69, 9.17) is 4.42 Å². The average molecular weight is 539 g/mol. The second-order valence-electron chi connectivity index (χ2n) is 7.76. The lowest BCUT2D eigenvalue weighted by molar-refractivity contribution is 0.102. The van der Waals surface area contributed by atoms with Gasteiger partial charge in [0, 0.05) is 28.7 Å². The Kier molecular flexibility index (Phi) is 6.03. The van der Waals surface area contributed by atoms with Gasteiger partial charge >= 0.3 is 6.01 Å². The summed E-state index contributed by atoms with van der Waals surface area (Å²) in [6.45, 7) is 0.748. The highest BCUT2D eigenvalue weighted by molar-refractivity contribution is 9.10. The van der Waals surface area contributed by atoms with E-state index in [1.807, 2.05) is 48.5 Å². The molecule has 1 aromatic heterocycles. The molecule has 1 N–H and O–H groups in total. The number of hydrogen-bond donors (Lipinski definition) is 1. The van der Waals surface area contributed by atoms with E-state index in [0.717, 1.165) is 10.0 Å². The van der Waals surface area contributed by atoms with E-state index in [0.29, 0.717) is 25.1 Å². The molecule has 0 bridgehead atoms. The van der Waals surface area contributed by atoms with Crippen molar-refractivity contribution >= 4 is 37.9 Å². The van der Waals surface area contributed by atoms with E-state index in [1.165, 1.54) is 34.1 Å². The predicted octanol–water partition coefficient (Wildman–Crippen LogP) is 4.50. The molecule has 1 aliphatic heterocycles. The number of aromatic nitrogens is 2. The maximum absolute atomic E-state index is 13.1. The van der Waals surface area contributed by atoms with Gasteiger partial charge in [0.15, 0.2) is 0 Å². The number of hydrogen-bond acceptors (Lipinski definition) is 6. The molecule has 0 spiro atoms. The van der Waals surface area contributed by atoms with E-state index in [-0.39, 0.29) is 22.4 Å². The van der Waals surface area contributed by atoms with Crippen LogP contribution in [0.1, 0.15) is 21.5 Å². The molecule has 0 saturated heterocycles. The van der Waals surface area contributed by atoms with Crippen LogP contribution in [0.5, 0.6) is 0 Å². The van der Waals surface area contributed by atoms with Crippen molar-refractivity contribution in [2.45, 2.75) is 17.9 Å². The summed E-state index contributed by atoms with van der Waals surface area (Å²) < 4.78 is 34.1. The van der Waals surface area contributed by atoms with Gasteiger partial charge in [-0.15, -0.1) is 5.10 Å². The summed E-state index contributed by atoms with van der Waals surface area (Å²) in [5.41, 5.74) is 3.16. The minimum Gasteiger partial charge on any atom is -0.403 e. The number of sulfonamides is 1. The number of nitrogens with zero attached hydrogens (tertiary/aromatic N) is 3. The van der Waals surface area contributed by atoms with Crippen molar-refractivity contribution in [2.75, 3.05) is 11.9 Å². The lowest BCUT2D eigenvalue weighted by Gasteiger charge is -2.28. The molecule has 1 aliphatic rings. The second-order valence-corrected chi connectivity index (χ2v) is 10.6. The fourth-order valence-electron chi connectivity index (χ4n) is 3.75. The van der Waals surface area contributed by atoms with Crippen molar-refractivity contribution in [1.29, 1.82) is 0 Å². The summed E-state index contributed by atoms with van der Waals surface area (Å²) in [6.07, 6.45) is 0.669. The van der Waals surface area contributed by atoms with Gasteiger partial charge in [-0.3, -0.25) is 10.1 Å². The summed E-state index contributed by atoms with van der Waals surface area (Å²) in [5, 5.41) is 10.3. The molecule has 0 unspecified atom stereocenters. The van der Waals surface area contributed by atoms with Crippen LogP contribution < -0.4 is 5.32 Å². The Morgan fingerprint density at radius 3 is 2.38 bits per heavy atom. The Morgan fingerprint density at radius 1 is 0.941 bits per heavy atom. The first kappa shape index (κ1) is 22.5. The summed E-state index contributed by atoms with van der Waals surface area (Å²) in [4.78, 5) is 12.7. The van der Waals surface area contributed by atoms with Gasteiger partial charge < -0.3 is 4.42 Å². The number of fused-ring (bicyclic) bond motifs is 1. The highest BCUT2D eigenvalue weighted by atomic mass is 79.9. The number of rotatable bonds is 5. The predicted molar refractivity (Wildman–Crippen MR) is 130 cm³/mol. The van der Waals surface area contributed by atoms with Crippen molar-refractivity contribution in [3.63, 3.8) is 0 Å². The lowest BCUT2D eigenvalue weighted by Crippen LogP contribution is -2.35. The first-order chi connectivity index (χ1) is 16.4. The van der Waals surface area contributed by atoms with E-state index in [9.17, 15) is 13.2 Å². The van der Waals surface area contributed by atoms with Crippen molar-refractivity contribution in [3.05, 3.63) is 94.0 Å². The smallest absolute Gasteiger partial charge is 0.322 e. The first-order valence-corrected chi connectivity index (χ1v) is 12.7. The molecular formula is C24H19BrN4O4S. The molecule has 0 aliphatic carbocycles. The number of carbonyl (C=O) groups excluding carboxylic acids is 1. The molecule has 34 heavy (non-hydrogen) atoms. The van der Waals surface area contributed by atoms with Crippen LogP contribution >= 0.6 is 15.9 Å². The number of nitrogens with one attached hydrogen (secondary N) is 1. The third kappa shape index (κ3) is 4.52. The van der Waals surface area contributed by atoms with Crippen LogP contribution in [0, 0.1) is 0 Å². The number of halogens is 1. The molecular weight excluding hydrogens is 520 g/mol. The highest BCUT2D eigenvalue weighted by Crippen LogP contribution is 2.26. The molecule has 3 aromatic carbocycles.